The van der Waals surface area contributed by atoms with Gasteiger partial charge in [0.2, 0.25) is 0 Å². The summed E-state index contributed by atoms with van der Waals surface area (Å²) in [6.45, 7) is 1.47. The first kappa shape index (κ1) is 24.8. The van der Waals surface area contributed by atoms with Crippen molar-refractivity contribution in [3.05, 3.63) is 71.6 Å². The van der Waals surface area contributed by atoms with Crippen molar-refractivity contribution in [3.8, 4) is 11.5 Å². The van der Waals surface area contributed by atoms with E-state index < -0.39 is 11.7 Å². The summed E-state index contributed by atoms with van der Waals surface area (Å²) in [6, 6.07) is 11.4. The molecule has 0 saturated heterocycles. The third-order valence-corrected chi connectivity index (χ3v) is 5.35. The van der Waals surface area contributed by atoms with Gasteiger partial charge in [-0.15, -0.1) is 0 Å². The quantitative estimate of drug-likeness (QED) is 0.255. The number of hydrogen-bond acceptors (Lipinski definition) is 6. The number of rotatable bonds is 10. The van der Waals surface area contributed by atoms with Crippen LogP contribution in [0.4, 0.5) is 24.7 Å². The minimum Gasteiger partial charge on any atom is -0.456 e. The van der Waals surface area contributed by atoms with Crippen molar-refractivity contribution in [3.63, 3.8) is 0 Å². The van der Waals surface area contributed by atoms with Crippen LogP contribution in [-0.2, 0) is 17.5 Å². The number of ether oxygens (including phenoxy) is 2. The zero-order valence-corrected chi connectivity index (χ0v) is 19.2. The zero-order valence-electron chi connectivity index (χ0n) is 18.4. The lowest BCUT2D eigenvalue weighted by Crippen LogP contribution is -2.06. The van der Waals surface area contributed by atoms with E-state index in [4.69, 9.17) is 26.2 Å². The molecule has 0 radical (unpaired) electrons. The number of halogens is 4. The van der Waals surface area contributed by atoms with Crippen LogP contribution in [0.1, 0.15) is 12.0 Å². The van der Waals surface area contributed by atoms with Crippen LogP contribution in [-0.4, -0.2) is 39.5 Å². The zero-order chi connectivity index (χ0) is 24.8. The van der Waals surface area contributed by atoms with Crippen LogP contribution in [0.25, 0.3) is 11.0 Å². The predicted octanol–water partition coefficient (Wildman–Crippen LogP) is 6.04. The largest absolute Gasteiger partial charge is 0.456 e. The van der Waals surface area contributed by atoms with Gasteiger partial charge in [-0.3, -0.25) is 0 Å². The summed E-state index contributed by atoms with van der Waals surface area (Å²) in [7, 11) is 0. The number of aryl methyl sites for hydroxylation is 1. The highest BCUT2D eigenvalue weighted by Gasteiger charge is 2.30. The van der Waals surface area contributed by atoms with E-state index in [1.54, 1.807) is 18.2 Å². The molecule has 0 unspecified atom stereocenters. The van der Waals surface area contributed by atoms with Crippen molar-refractivity contribution >= 4 is 34.1 Å². The summed E-state index contributed by atoms with van der Waals surface area (Å²) in [4.78, 5) is 8.66. The van der Waals surface area contributed by atoms with E-state index >= 15 is 0 Å². The van der Waals surface area contributed by atoms with E-state index in [-0.39, 0.29) is 23.1 Å². The van der Waals surface area contributed by atoms with Crippen LogP contribution >= 0.6 is 11.6 Å². The number of hydrogen-bond donors (Lipinski definition) is 2. The maximum absolute atomic E-state index is 13.0. The number of aromatic nitrogens is 3. The number of aliphatic hydroxyl groups is 1. The van der Waals surface area contributed by atoms with Crippen molar-refractivity contribution in [1.82, 2.24) is 14.5 Å². The molecular formula is C24H22ClF3N4O3. The van der Waals surface area contributed by atoms with Crippen LogP contribution in [0, 0.1) is 0 Å². The number of aliphatic hydroxyl groups excluding tert-OH is 1. The highest BCUT2D eigenvalue weighted by atomic mass is 35.5. The van der Waals surface area contributed by atoms with E-state index in [0.29, 0.717) is 31.3 Å². The van der Waals surface area contributed by atoms with Gasteiger partial charge in [0.15, 0.2) is 5.82 Å². The Morgan fingerprint density at radius 2 is 1.91 bits per heavy atom. The minimum atomic E-state index is -4.47. The Hall–Kier alpha value is -3.34. The Morgan fingerprint density at radius 3 is 2.69 bits per heavy atom. The second-order valence-electron chi connectivity index (χ2n) is 7.55. The lowest BCUT2D eigenvalue weighted by molar-refractivity contribution is -0.137. The number of fused-ring (bicyclic) bond motifs is 1. The van der Waals surface area contributed by atoms with Gasteiger partial charge in [0.1, 0.15) is 23.3 Å². The van der Waals surface area contributed by atoms with Gasteiger partial charge in [-0.05, 0) is 48.9 Å². The Bertz CT molecular complexity index is 1300. The van der Waals surface area contributed by atoms with Crippen LogP contribution in [0.3, 0.4) is 0 Å². The Labute approximate surface area is 204 Å². The molecule has 4 aromatic rings. The van der Waals surface area contributed by atoms with Crippen LogP contribution in [0.5, 0.6) is 11.5 Å². The molecule has 0 aliphatic carbocycles. The standard InChI is InChI=1S/C24H22ClF3N4O3/c25-19-14-17(5-6-21(19)35-18-4-1-3-16(13-18)24(26,27)28)31-23-22-20(29-15-30-23)7-9-32(22)8-2-11-34-12-10-33/h1,3-7,9,13-15,33H,2,8,10-12H2,(H,29,30,31). The Kier molecular flexibility index (Phi) is 7.74. The molecule has 0 aliphatic heterocycles. The highest BCUT2D eigenvalue weighted by Crippen LogP contribution is 2.36. The molecule has 7 nitrogen and oxygen atoms in total. The van der Waals surface area contributed by atoms with Gasteiger partial charge < -0.3 is 24.5 Å². The summed E-state index contributed by atoms with van der Waals surface area (Å²) in [5.74, 6) is 0.815. The molecule has 2 aromatic carbocycles. The van der Waals surface area contributed by atoms with E-state index in [1.165, 1.54) is 18.5 Å². The van der Waals surface area contributed by atoms with Gasteiger partial charge in [0, 0.05) is 25.0 Å². The first-order valence-corrected chi connectivity index (χ1v) is 11.1. The number of nitrogens with zero attached hydrogens (tertiary/aromatic N) is 3. The number of benzene rings is 2. The lowest BCUT2D eigenvalue weighted by Gasteiger charge is -2.13. The van der Waals surface area contributed by atoms with Gasteiger partial charge in [-0.25, -0.2) is 9.97 Å². The van der Waals surface area contributed by atoms with Crippen LogP contribution in [0.2, 0.25) is 5.02 Å². The van der Waals surface area contributed by atoms with Crippen molar-refractivity contribution in [2.24, 2.45) is 0 Å². The van der Waals surface area contributed by atoms with Crippen molar-refractivity contribution in [2.75, 3.05) is 25.1 Å². The molecule has 2 heterocycles. The number of anilines is 2. The molecule has 2 N–H and O–H groups in total. The van der Waals surface area contributed by atoms with E-state index in [9.17, 15) is 13.2 Å². The van der Waals surface area contributed by atoms with E-state index in [0.717, 1.165) is 29.6 Å². The summed E-state index contributed by atoms with van der Waals surface area (Å²) in [5, 5.41) is 12.2. The monoisotopic (exact) mass is 506 g/mol. The molecule has 0 spiro atoms. The normalized spacial score (nSPS) is 11.7. The third-order valence-electron chi connectivity index (χ3n) is 5.06. The molecule has 4 rings (SSSR count). The molecule has 2 aromatic heterocycles. The molecule has 0 bridgehead atoms. The second-order valence-corrected chi connectivity index (χ2v) is 7.96. The summed E-state index contributed by atoms with van der Waals surface area (Å²) in [5.41, 5.74) is 1.37. The van der Waals surface area contributed by atoms with Crippen molar-refractivity contribution in [2.45, 2.75) is 19.1 Å². The number of nitrogens with one attached hydrogen (secondary N) is 1. The molecule has 11 heteroatoms. The lowest BCUT2D eigenvalue weighted by atomic mass is 10.2. The fourth-order valence-electron chi connectivity index (χ4n) is 3.47. The molecule has 0 amide bonds. The van der Waals surface area contributed by atoms with E-state index in [2.05, 4.69) is 15.3 Å². The van der Waals surface area contributed by atoms with Crippen molar-refractivity contribution < 1.29 is 27.8 Å². The summed E-state index contributed by atoms with van der Waals surface area (Å²) < 4.78 is 51.8. The van der Waals surface area contributed by atoms with Crippen molar-refractivity contribution in [1.29, 1.82) is 0 Å². The smallest absolute Gasteiger partial charge is 0.416 e. The third kappa shape index (κ3) is 6.21. The van der Waals surface area contributed by atoms with E-state index in [1.807, 2.05) is 16.8 Å². The molecule has 35 heavy (non-hydrogen) atoms. The first-order chi connectivity index (χ1) is 16.8. The fraction of sp³-hybridized carbons (Fsp3) is 0.250. The minimum absolute atomic E-state index is 0.0132. The second kappa shape index (κ2) is 10.9. The van der Waals surface area contributed by atoms with Crippen LogP contribution < -0.4 is 10.1 Å². The van der Waals surface area contributed by atoms with Gasteiger partial charge in [0.25, 0.3) is 0 Å². The van der Waals surface area contributed by atoms with Gasteiger partial charge in [-0.2, -0.15) is 13.2 Å². The first-order valence-electron chi connectivity index (χ1n) is 10.8. The average Bonchev–Trinajstić information content (AvgIpc) is 3.24. The summed E-state index contributed by atoms with van der Waals surface area (Å²) >= 11 is 6.36. The molecule has 0 saturated carbocycles. The number of alkyl halides is 3. The predicted molar refractivity (Wildman–Crippen MR) is 126 cm³/mol. The molecule has 0 atom stereocenters. The molecule has 0 fully saturated rings. The summed E-state index contributed by atoms with van der Waals surface area (Å²) in [6.07, 6.45) is -0.364. The maximum Gasteiger partial charge on any atom is 0.416 e. The highest BCUT2D eigenvalue weighted by molar-refractivity contribution is 6.32. The Balaban J connectivity index is 1.50. The maximum atomic E-state index is 13.0. The topological polar surface area (TPSA) is 81.4 Å². The fourth-order valence-corrected chi connectivity index (χ4v) is 3.69. The van der Waals surface area contributed by atoms with Gasteiger partial charge in [-0.1, -0.05) is 17.7 Å². The Morgan fingerprint density at radius 1 is 1.06 bits per heavy atom. The van der Waals surface area contributed by atoms with Gasteiger partial charge in [0.05, 0.1) is 29.3 Å². The molecular weight excluding hydrogens is 485 g/mol. The van der Waals surface area contributed by atoms with Gasteiger partial charge >= 0.3 is 6.18 Å². The molecule has 0 aliphatic rings. The SMILES string of the molecule is OCCOCCCn1ccc2ncnc(Nc3ccc(Oc4cccc(C(F)(F)F)c4)c(Cl)c3)c21. The average molecular weight is 507 g/mol. The molecule has 184 valence electrons. The van der Waals surface area contributed by atoms with Crippen LogP contribution in [0.15, 0.2) is 61.1 Å².